The summed E-state index contributed by atoms with van der Waals surface area (Å²) in [6.45, 7) is 2.04. The van der Waals surface area contributed by atoms with Gasteiger partial charge in [0.05, 0.1) is 25.3 Å². The van der Waals surface area contributed by atoms with Crippen LogP contribution in [0, 0.1) is 6.92 Å². The van der Waals surface area contributed by atoms with Crippen molar-refractivity contribution in [2.24, 2.45) is 0 Å². The van der Waals surface area contributed by atoms with E-state index in [0.717, 1.165) is 34.8 Å². The first kappa shape index (κ1) is 14.0. The lowest BCUT2D eigenvalue weighted by atomic mass is 10.1. The van der Waals surface area contributed by atoms with Gasteiger partial charge in [-0.05, 0) is 42.7 Å². The second-order valence-corrected chi connectivity index (χ2v) is 5.43. The van der Waals surface area contributed by atoms with Crippen molar-refractivity contribution in [3.63, 3.8) is 0 Å². The largest absolute Gasteiger partial charge is 0.493 e. The highest BCUT2D eigenvalue weighted by Crippen LogP contribution is 2.33. The molecule has 0 aliphatic rings. The molecule has 1 unspecified atom stereocenters. The highest BCUT2D eigenvalue weighted by atomic mass is 79.9. The van der Waals surface area contributed by atoms with Crippen LogP contribution in [0.2, 0.25) is 0 Å². The van der Waals surface area contributed by atoms with Gasteiger partial charge in [-0.15, -0.1) is 0 Å². The molecule has 3 nitrogen and oxygen atoms in total. The van der Waals surface area contributed by atoms with Crippen molar-refractivity contribution in [3.8, 4) is 11.5 Å². The SMILES string of the molecule is COc1ccc(CC(Br)c2occc2C)cc1OC. The Balaban J connectivity index is 2.17. The van der Waals surface area contributed by atoms with Gasteiger partial charge in [-0.2, -0.15) is 0 Å². The Morgan fingerprint density at radius 2 is 1.89 bits per heavy atom. The average Bonchev–Trinajstić information content (AvgIpc) is 2.85. The monoisotopic (exact) mass is 324 g/mol. The van der Waals surface area contributed by atoms with E-state index in [-0.39, 0.29) is 4.83 Å². The molecule has 2 rings (SSSR count). The van der Waals surface area contributed by atoms with Crippen LogP contribution >= 0.6 is 15.9 Å². The van der Waals surface area contributed by atoms with Gasteiger partial charge < -0.3 is 13.9 Å². The first-order valence-corrected chi connectivity index (χ1v) is 6.96. The Bertz CT molecular complexity index is 548. The summed E-state index contributed by atoms with van der Waals surface area (Å²) in [6, 6.07) is 7.92. The van der Waals surface area contributed by atoms with Gasteiger partial charge in [0.2, 0.25) is 0 Å². The third-order valence-electron chi connectivity index (χ3n) is 3.05. The van der Waals surface area contributed by atoms with Gasteiger partial charge in [-0.25, -0.2) is 0 Å². The molecule has 102 valence electrons. The number of ether oxygens (including phenoxy) is 2. The molecule has 0 aliphatic carbocycles. The summed E-state index contributed by atoms with van der Waals surface area (Å²) in [6.07, 6.45) is 2.54. The molecule has 1 heterocycles. The van der Waals surface area contributed by atoms with Crippen molar-refractivity contribution in [2.45, 2.75) is 18.2 Å². The van der Waals surface area contributed by atoms with Crippen LogP contribution in [0.15, 0.2) is 34.9 Å². The summed E-state index contributed by atoms with van der Waals surface area (Å²) < 4.78 is 16.0. The maximum Gasteiger partial charge on any atom is 0.160 e. The van der Waals surface area contributed by atoms with E-state index in [9.17, 15) is 0 Å². The molecule has 19 heavy (non-hydrogen) atoms. The van der Waals surface area contributed by atoms with E-state index < -0.39 is 0 Å². The van der Waals surface area contributed by atoms with Gasteiger partial charge in [0.15, 0.2) is 11.5 Å². The summed E-state index contributed by atoms with van der Waals surface area (Å²) >= 11 is 3.67. The van der Waals surface area contributed by atoms with E-state index in [1.54, 1.807) is 20.5 Å². The van der Waals surface area contributed by atoms with Gasteiger partial charge in [0.1, 0.15) is 5.76 Å². The Labute approximate surface area is 121 Å². The second kappa shape index (κ2) is 6.15. The third kappa shape index (κ3) is 3.13. The number of benzene rings is 1. The number of hydrogen-bond acceptors (Lipinski definition) is 3. The van der Waals surface area contributed by atoms with Crippen molar-refractivity contribution in [3.05, 3.63) is 47.4 Å². The van der Waals surface area contributed by atoms with Crippen molar-refractivity contribution in [1.82, 2.24) is 0 Å². The van der Waals surface area contributed by atoms with Gasteiger partial charge in [-0.3, -0.25) is 0 Å². The first-order chi connectivity index (χ1) is 9.15. The van der Waals surface area contributed by atoms with Gasteiger partial charge in [0.25, 0.3) is 0 Å². The van der Waals surface area contributed by atoms with E-state index in [1.807, 2.05) is 31.2 Å². The van der Waals surface area contributed by atoms with Gasteiger partial charge in [-0.1, -0.05) is 22.0 Å². The fourth-order valence-electron chi connectivity index (χ4n) is 2.01. The number of halogens is 1. The second-order valence-electron chi connectivity index (χ2n) is 4.33. The highest BCUT2D eigenvalue weighted by molar-refractivity contribution is 9.09. The van der Waals surface area contributed by atoms with Crippen molar-refractivity contribution in [2.75, 3.05) is 14.2 Å². The van der Waals surface area contributed by atoms with Gasteiger partial charge >= 0.3 is 0 Å². The Morgan fingerprint density at radius 1 is 1.16 bits per heavy atom. The van der Waals surface area contributed by atoms with Crippen LogP contribution in [0.5, 0.6) is 11.5 Å². The average molecular weight is 325 g/mol. The molecule has 2 aromatic rings. The number of methoxy groups -OCH3 is 2. The lowest BCUT2D eigenvalue weighted by Crippen LogP contribution is -1.97. The number of furan rings is 1. The Hall–Kier alpha value is -1.42. The van der Waals surface area contributed by atoms with Crippen molar-refractivity contribution in [1.29, 1.82) is 0 Å². The van der Waals surface area contributed by atoms with E-state index in [2.05, 4.69) is 15.9 Å². The number of aryl methyl sites for hydroxylation is 1. The number of hydrogen-bond donors (Lipinski definition) is 0. The van der Waals surface area contributed by atoms with E-state index in [1.165, 1.54) is 0 Å². The van der Waals surface area contributed by atoms with Crippen LogP contribution in [-0.4, -0.2) is 14.2 Å². The van der Waals surface area contributed by atoms with Crippen LogP contribution in [0.4, 0.5) is 0 Å². The lowest BCUT2D eigenvalue weighted by molar-refractivity contribution is 0.354. The minimum Gasteiger partial charge on any atom is -0.493 e. The van der Waals surface area contributed by atoms with E-state index in [0.29, 0.717) is 0 Å². The number of rotatable bonds is 5. The molecule has 0 saturated carbocycles. The maximum atomic E-state index is 5.50. The minimum absolute atomic E-state index is 0.153. The molecule has 0 amide bonds. The topological polar surface area (TPSA) is 31.6 Å². The molecule has 4 heteroatoms. The molecule has 0 radical (unpaired) electrons. The molecule has 0 saturated heterocycles. The third-order valence-corrected chi connectivity index (χ3v) is 3.79. The molecule has 1 aromatic heterocycles. The fourth-order valence-corrected chi connectivity index (χ4v) is 2.86. The summed E-state index contributed by atoms with van der Waals surface area (Å²) in [5.41, 5.74) is 2.32. The summed E-state index contributed by atoms with van der Waals surface area (Å²) in [5, 5.41) is 0. The summed E-state index contributed by atoms with van der Waals surface area (Å²) in [7, 11) is 3.28. The van der Waals surface area contributed by atoms with E-state index >= 15 is 0 Å². The molecule has 0 spiro atoms. The Kier molecular flexibility index (Phi) is 4.53. The minimum atomic E-state index is 0.153. The predicted octanol–water partition coefficient (Wildman–Crippen LogP) is 4.28. The maximum absolute atomic E-state index is 5.50. The molecular formula is C15H17BrO3. The molecule has 0 aliphatic heterocycles. The standard InChI is InChI=1S/C15H17BrO3/c1-10-6-7-19-15(10)12(16)8-11-4-5-13(17-2)14(9-11)18-3/h4-7,9,12H,8H2,1-3H3. The Morgan fingerprint density at radius 3 is 2.47 bits per heavy atom. The van der Waals surface area contributed by atoms with Crippen LogP contribution in [0.1, 0.15) is 21.7 Å². The van der Waals surface area contributed by atoms with Crippen LogP contribution < -0.4 is 9.47 Å². The smallest absolute Gasteiger partial charge is 0.160 e. The zero-order chi connectivity index (χ0) is 13.8. The quantitative estimate of drug-likeness (QED) is 0.769. The summed E-state index contributed by atoms with van der Waals surface area (Å²) in [4.78, 5) is 0.153. The van der Waals surface area contributed by atoms with Crippen molar-refractivity contribution >= 4 is 15.9 Å². The van der Waals surface area contributed by atoms with Crippen molar-refractivity contribution < 1.29 is 13.9 Å². The summed E-state index contributed by atoms with van der Waals surface area (Å²) in [5.74, 6) is 2.46. The first-order valence-electron chi connectivity index (χ1n) is 6.04. The molecule has 1 aromatic carbocycles. The number of alkyl halides is 1. The fraction of sp³-hybridized carbons (Fsp3) is 0.333. The highest BCUT2D eigenvalue weighted by Gasteiger charge is 2.15. The zero-order valence-electron chi connectivity index (χ0n) is 11.3. The predicted molar refractivity (Wildman–Crippen MR) is 78.4 cm³/mol. The molecule has 0 N–H and O–H groups in total. The molecular weight excluding hydrogens is 308 g/mol. The molecule has 0 fully saturated rings. The molecule has 0 bridgehead atoms. The van der Waals surface area contributed by atoms with Crippen LogP contribution in [-0.2, 0) is 6.42 Å². The van der Waals surface area contributed by atoms with Gasteiger partial charge in [0, 0.05) is 0 Å². The zero-order valence-corrected chi connectivity index (χ0v) is 12.9. The lowest BCUT2D eigenvalue weighted by Gasteiger charge is -2.12. The van der Waals surface area contributed by atoms with Crippen LogP contribution in [0.25, 0.3) is 0 Å². The molecule has 1 atom stereocenters. The normalized spacial score (nSPS) is 12.2. The van der Waals surface area contributed by atoms with Crippen LogP contribution in [0.3, 0.4) is 0 Å². The van der Waals surface area contributed by atoms with E-state index in [4.69, 9.17) is 13.9 Å².